The first-order valence-electron chi connectivity index (χ1n) is 4.49. The summed E-state index contributed by atoms with van der Waals surface area (Å²) in [6.07, 6.45) is 0. The summed E-state index contributed by atoms with van der Waals surface area (Å²) in [5.74, 6) is -1.07. The first-order chi connectivity index (χ1) is 6.13. The lowest BCUT2D eigenvalue weighted by Gasteiger charge is -2.27. The number of Topliss-reactive ketones (excluding diaryl/α,β-unsaturated/α-hetero) is 1. The molecule has 0 heterocycles. The Balaban J connectivity index is 4.73. The van der Waals surface area contributed by atoms with Crippen LogP contribution in [0.4, 0.5) is 0 Å². The lowest BCUT2D eigenvalue weighted by molar-refractivity contribution is -0.171. The minimum atomic E-state index is -1.44. The molecule has 0 aromatic rings. The molecule has 0 spiro atoms. The fourth-order valence-electron chi connectivity index (χ4n) is 0.710. The summed E-state index contributed by atoms with van der Waals surface area (Å²) in [5, 5.41) is 9.00. The molecule has 82 valence electrons. The predicted molar refractivity (Wildman–Crippen MR) is 51.7 cm³/mol. The Kier molecular flexibility index (Phi) is 3.82. The summed E-state index contributed by atoms with van der Waals surface area (Å²) >= 11 is 0. The van der Waals surface area contributed by atoms with Crippen LogP contribution >= 0.6 is 0 Å². The van der Waals surface area contributed by atoms with E-state index in [4.69, 9.17) is 9.84 Å². The monoisotopic (exact) mass is 202 g/mol. The molecule has 0 aromatic heterocycles. The quantitative estimate of drug-likeness (QED) is 0.546. The van der Waals surface area contributed by atoms with Crippen molar-refractivity contribution in [3.8, 4) is 0 Å². The van der Waals surface area contributed by atoms with Crippen LogP contribution in [-0.4, -0.2) is 29.1 Å². The van der Waals surface area contributed by atoms with Gasteiger partial charge in [0, 0.05) is 0 Å². The van der Waals surface area contributed by atoms with E-state index in [9.17, 15) is 9.59 Å². The Morgan fingerprint density at radius 2 is 1.64 bits per heavy atom. The van der Waals surface area contributed by atoms with Gasteiger partial charge >= 0.3 is 5.97 Å². The number of hydrogen-bond donors (Lipinski definition) is 1. The van der Waals surface area contributed by atoms with Crippen LogP contribution in [0.5, 0.6) is 0 Å². The van der Waals surface area contributed by atoms with E-state index < -0.39 is 29.4 Å². The Morgan fingerprint density at radius 1 is 1.21 bits per heavy atom. The number of aliphatic hydroxyl groups is 1. The molecular weight excluding hydrogens is 184 g/mol. The van der Waals surface area contributed by atoms with Crippen molar-refractivity contribution in [3.05, 3.63) is 0 Å². The van der Waals surface area contributed by atoms with E-state index in [-0.39, 0.29) is 0 Å². The van der Waals surface area contributed by atoms with Gasteiger partial charge < -0.3 is 9.84 Å². The Labute approximate surface area is 84.3 Å². The molecular formula is C10H18O4. The predicted octanol–water partition coefficient (Wildman–Crippen LogP) is 0.916. The largest absolute Gasteiger partial charge is 0.459 e. The Bertz CT molecular complexity index is 239. The number of rotatable bonds is 3. The zero-order valence-electron chi connectivity index (χ0n) is 9.38. The van der Waals surface area contributed by atoms with Crippen LogP contribution in [0.15, 0.2) is 0 Å². The van der Waals surface area contributed by atoms with Crippen LogP contribution in [0.2, 0.25) is 0 Å². The molecule has 4 heteroatoms. The topological polar surface area (TPSA) is 63.6 Å². The van der Waals surface area contributed by atoms with Crippen LogP contribution < -0.4 is 0 Å². The van der Waals surface area contributed by atoms with Gasteiger partial charge in [-0.25, -0.2) is 0 Å². The molecule has 14 heavy (non-hydrogen) atoms. The summed E-state index contributed by atoms with van der Waals surface area (Å²) in [5.41, 5.74) is -2.09. The van der Waals surface area contributed by atoms with Gasteiger partial charge in [-0.15, -0.1) is 0 Å². The van der Waals surface area contributed by atoms with Crippen molar-refractivity contribution in [2.24, 2.45) is 5.41 Å². The first-order valence-corrected chi connectivity index (χ1v) is 4.49. The van der Waals surface area contributed by atoms with E-state index in [1.165, 1.54) is 13.8 Å². The third kappa shape index (κ3) is 3.10. The molecule has 1 atom stereocenters. The highest BCUT2D eigenvalue weighted by molar-refractivity contribution is 6.02. The number of aliphatic hydroxyl groups excluding tert-OH is 1. The fraction of sp³-hybridized carbons (Fsp3) is 0.800. The number of ketones is 1. The van der Waals surface area contributed by atoms with Gasteiger partial charge in [-0.05, 0) is 34.6 Å². The minimum absolute atomic E-state index is 0.394. The molecule has 0 rings (SSSR count). The molecule has 0 fully saturated rings. The van der Waals surface area contributed by atoms with Crippen molar-refractivity contribution in [2.45, 2.75) is 40.2 Å². The van der Waals surface area contributed by atoms with Gasteiger partial charge in [-0.3, -0.25) is 9.59 Å². The van der Waals surface area contributed by atoms with Crippen LogP contribution in [0, 0.1) is 5.41 Å². The molecule has 0 radical (unpaired) electrons. The van der Waals surface area contributed by atoms with E-state index in [0.717, 1.165) is 0 Å². The van der Waals surface area contributed by atoms with Crippen molar-refractivity contribution in [1.82, 2.24) is 0 Å². The number of hydrogen-bond acceptors (Lipinski definition) is 4. The van der Waals surface area contributed by atoms with Gasteiger partial charge in [0.1, 0.15) is 16.8 Å². The van der Waals surface area contributed by atoms with Gasteiger partial charge in [0.2, 0.25) is 0 Å². The van der Waals surface area contributed by atoms with Crippen molar-refractivity contribution in [2.75, 3.05) is 6.61 Å². The third-order valence-electron chi connectivity index (χ3n) is 1.94. The number of carbonyl (C=O) groups excluding carboxylic acids is 2. The SMILES string of the molecule is CC(=O)[C@](C)(CO)C(=O)OC(C)(C)C. The molecule has 0 aliphatic heterocycles. The molecule has 0 amide bonds. The van der Waals surface area contributed by atoms with E-state index in [2.05, 4.69) is 0 Å². The molecule has 0 saturated heterocycles. The average Bonchev–Trinajstić information content (AvgIpc) is 1.99. The molecule has 0 unspecified atom stereocenters. The van der Waals surface area contributed by atoms with Gasteiger partial charge in [0.05, 0.1) is 6.61 Å². The normalized spacial score (nSPS) is 15.9. The third-order valence-corrected chi connectivity index (χ3v) is 1.94. The van der Waals surface area contributed by atoms with Crippen LogP contribution in [0.25, 0.3) is 0 Å². The lowest BCUT2D eigenvalue weighted by atomic mass is 9.87. The highest BCUT2D eigenvalue weighted by Gasteiger charge is 2.41. The molecule has 0 aliphatic carbocycles. The second kappa shape index (κ2) is 4.09. The van der Waals surface area contributed by atoms with E-state index in [1.807, 2.05) is 0 Å². The smallest absolute Gasteiger partial charge is 0.322 e. The standard InChI is InChI=1S/C10H18O4/c1-7(12)10(5,6-11)8(13)14-9(2,3)4/h11H,6H2,1-5H3/t10-/m0/s1. The summed E-state index contributed by atoms with van der Waals surface area (Å²) < 4.78 is 5.04. The lowest BCUT2D eigenvalue weighted by Crippen LogP contribution is -2.43. The first kappa shape index (κ1) is 13.1. The molecule has 0 saturated carbocycles. The Hall–Kier alpha value is -0.900. The second-order valence-corrected chi connectivity index (χ2v) is 4.55. The molecule has 0 aromatic carbocycles. The summed E-state index contributed by atoms with van der Waals surface area (Å²) in [6.45, 7) is 7.25. The van der Waals surface area contributed by atoms with Crippen molar-refractivity contribution >= 4 is 11.8 Å². The maximum atomic E-state index is 11.6. The van der Waals surface area contributed by atoms with Gasteiger partial charge in [0.25, 0.3) is 0 Å². The second-order valence-electron chi connectivity index (χ2n) is 4.55. The molecule has 0 aliphatic rings. The molecule has 4 nitrogen and oxygen atoms in total. The highest BCUT2D eigenvalue weighted by Crippen LogP contribution is 2.22. The highest BCUT2D eigenvalue weighted by atomic mass is 16.6. The van der Waals surface area contributed by atoms with E-state index in [1.54, 1.807) is 20.8 Å². The molecule has 0 bridgehead atoms. The maximum absolute atomic E-state index is 11.6. The summed E-state index contributed by atoms with van der Waals surface area (Å²) in [4.78, 5) is 22.7. The minimum Gasteiger partial charge on any atom is -0.459 e. The zero-order valence-corrected chi connectivity index (χ0v) is 9.38. The van der Waals surface area contributed by atoms with Crippen molar-refractivity contribution < 1.29 is 19.4 Å². The number of ether oxygens (including phenoxy) is 1. The fourth-order valence-corrected chi connectivity index (χ4v) is 0.710. The van der Waals surface area contributed by atoms with Gasteiger partial charge in [-0.2, -0.15) is 0 Å². The van der Waals surface area contributed by atoms with E-state index in [0.29, 0.717) is 0 Å². The summed E-state index contributed by atoms with van der Waals surface area (Å²) in [7, 11) is 0. The molecule has 1 N–H and O–H groups in total. The van der Waals surface area contributed by atoms with Gasteiger partial charge in [-0.1, -0.05) is 0 Å². The van der Waals surface area contributed by atoms with Crippen molar-refractivity contribution in [1.29, 1.82) is 0 Å². The summed E-state index contributed by atoms with van der Waals surface area (Å²) in [6, 6.07) is 0. The zero-order chi connectivity index (χ0) is 11.6. The van der Waals surface area contributed by atoms with E-state index >= 15 is 0 Å². The average molecular weight is 202 g/mol. The van der Waals surface area contributed by atoms with Gasteiger partial charge in [0.15, 0.2) is 0 Å². The van der Waals surface area contributed by atoms with Crippen LogP contribution in [0.3, 0.4) is 0 Å². The van der Waals surface area contributed by atoms with Crippen LogP contribution in [0.1, 0.15) is 34.6 Å². The number of carbonyl (C=O) groups is 2. The van der Waals surface area contributed by atoms with Crippen LogP contribution in [-0.2, 0) is 14.3 Å². The Morgan fingerprint density at radius 3 is 1.86 bits per heavy atom. The maximum Gasteiger partial charge on any atom is 0.322 e. The number of esters is 1. The van der Waals surface area contributed by atoms with Crippen molar-refractivity contribution in [3.63, 3.8) is 0 Å².